The number of nitrogens with one attached hydrogen (secondary N) is 1. The predicted molar refractivity (Wildman–Crippen MR) is 52.9 cm³/mol. The molecule has 1 rings (SSSR count). The molecule has 1 heterocycles. The van der Waals surface area contributed by atoms with Crippen LogP contribution in [0.3, 0.4) is 0 Å². The number of hydrogen-bond donors (Lipinski definition) is 2. The van der Waals surface area contributed by atoms with Gasteiger partial charge in [-0.05, 0) is 12.2 Å². The van der Waals surface area contributed by atoms with Crippen LogP contribution in [0, 0.1) is 0 Å². The number of amidine groups is 1. The van der Waals surface area contributed by atoms with Crippen LogP contribution in [0.5, 0.6) is 0 Å². The molecule has 0 radical (unpaired) electrons. The first-order chi connectivity index (χ1) is 6.26. The van der Waals surface area contributed by atoms with Gasteiger partial charge in [0.25, 0.3) is 0 Å². The van der Waals surface area contributed by atoms with E-state index in [9.17, 15) is 0 Å². The summed E-state index contributed by atoms with van der Waals surface area (Å²) in [4.78, 5) is 3.89. The molecule has 1 aromatic rings. The number of nitrogens with two attached hydrogens (primary N) is 1. The summed E-state index contributed by atoms with van der Waals surface area (Å²) in [7, 11) is 3.54. The zero-order chi connectivity index (χ0) is 9.68. The van der Waals surface area contributed by atoms with Crippen molar-refractivity contribution in [1.82, 2.24) is 15.2 Å². The van der Waals surface area contributed by atoms with Crippen molar-refractivity contribution in [2.24, 2.45) is 17.9 Å². The summed E-state index contributed by atoms with van der Waals surface area (Å²) in [6.07, 6.45) is 7.34. The monoisotopic (exact) mass is 179 g/mol. The maximum absolute atomic E-state index is 5.20. The molecule has 0 fully saturated rings. The molecule has 0 aliphatic rings. The van der Waals surface area contributed by atoms with Gasteiger partial charge in [-0.25, -0.2) is 5.84 Å². The van der Waals surface area contributed by atoms with Gasteiger partial charge in [-0.1, -0.05) is 0 Å². The van der Waals surface area contributed by atoms with Gasteiger partial charge < -0.3 is 5.43 Å². The fourth-order valence-corrected chi connectivity index (χ4v) is 0.889. The molecule has 0 atom stereocenters. The van der Waals surface area contributed by atoms with E-state index in [1.807, 2.05) is 19.3 Å². The van der Waals surface area contributed by atoms with Crippen molar-refractivity contribution >= 4 is 11.9 Å². The third-order valence-electron chi connectivity index (χ3n) is 1.55. The normalized spacial score (nSPS) is 12.4. The fraction of sp³-hybridized carbons (Fsp3) is 0.250. The first kappa shape index (κ1) is 9.47. The van der Waals surface area contributed by atoms with Crippen LogP contribution < -0.4 is 11.3 Å². The molecule has 0 aliphatic carbocycles. The van der Waals surface area contributed by atoms with E-state index in [-0.39, 0.29) is 0 Å². The highest BCUT2D eigenvalue weighted by Gasteiger charge is 1.90. The summed E-state index contributed by atoms with van der Waals surface area (Å²) in [5, 5.41) is 4.02. The summed E-state index contributed by atoms with van der Waals surface area (Å²) in [6, 6.07) is 0. The average Bonchev–Trinajstić information content (AvgIpc) is 2.53. The minimum atomic E-state index is 0.629. The van der Waals surface area contributed by atoms with E-state index in [1.165, 1.54) is 0 Å². The van der Waals surface area contributed by atoms with Crippen LogP contribution >= 0.6 is 0 Å². The lowest BCUT2D eigenvalue weighted by Crippen LogP contribution is -2.28. The van der Waals surface area contributed by atoms with Crippen molar-refractivity contribution in [2.75, 3.05) is 7.05 Å². The topological polar surface area (TPSA) is 68.2 Å². The van der Waals surface area contributed by atoms with Gasteiger partial charge in [0.2, 0.25) is 0 Å². The summed E-state index contributed by atoms with van der Waals surface area (Å²) in [5.74, 6) is 5.83. The Balaban J connectivity index is 2.68. The zero-order valence-corrected chi connectivity index (χ0v) is 7.73. The molecule has 0 amide bonds. The molecule has 1 aromatic heterocycles. The van der Waals surface area contributed by atoms with Crippen LogP contribution in [0.4, 0.5) is 0 Å². The molecule has 5 nitrogen and oxygen atoms in total. The van der Waals surface area contributed by atoms with E-state index in [4.69, 9.17) is 5.84 Å². The Morgan fingerprint density at radius 2 is 2.54 bits per heavy atom. The van der Waals surface area contributed by atoms with Gasteiger partial charge in [0.05, 0.1) is 6.20 Å². The van der Waals surface area contributed by atoms with Gasteiger partial charge >= 0.3 is 0 Å². The smallest absolute Gasteiger partial charge is 0.134 e. The van der Waals surface area contributed by atoms with Gasteiger partial charge in [-0.2, -0.15) is 5.10 Å². The van der Waals surface area contributed by atoms with E-state index in [0.29, 0.717) is 5.84 Å². The quantitative estimate of drug-likeness (QED) is 0.289. The number of hydrazine groups is 1. The van der Waals surface area contributed by atoms with E-state index in [2.05, 4.69) is 15.5 Å². The maximum atomic E-state index is 5.20. The van der Waals surface area contributed by atoms with Crippen molar-refractivity contribution in [3.63, 3.8) is 0 Å². The Hall–Kier alpha value is -1.62. The van der Waals surface area contributed by atoms with E-state index >= 15 is 0 Å². The first-order valence-electron chi connectivity index (χ1n) is 3.86. The maximum Gasteiger partial charge on any atom is 0.134 e. The Bertz CT molecular complexity index is 323. The second-order valence-corrected chi connectivity index (χ2v) is 2.53. The highest BCUT2D eigenvalue weighted by molar-refractivity contribution is 5.95. The fourth-order valence-electron chi connectivity index (χ4n) is 0.889. The molecule has 3 N–H and O–H groups in total. The number of nitrogens with zero attached hydrogens (tertiary/aromatic N) is 3. The highest BCUT2D eigenvalue weighted by atomic mass is 15.2. The Labute approximate surface area is 76.9 Å². The molecule has 5 heteroatoms. The molecular formula is C8H13N5. The minimum absolute atomic E-state index is 0.629. The molecule has 0 aromatic carbocycles. The van der Waals surface area contributed by atoms with Crippen LogP contribution in [0.2, 0.25) is 0 Å². The number of aliphatic imine (C=N–C) groups is 1. The third-order valence-corrected chi connectivity index (χ3v) is 1.55. The number of aryl methyl sites for hydroxylation is 1. The van der Waals surface area contributed by atoms with Crippen molar-refractivity contribution in [3.05, 3.63) is 24.0 Å². The molecule has 70 valence electrons. The molecule has 0 saturated carbocycles. The third kappa shape index (κ3) is 2.72. The lowest BCUT2D eigenvalue weighted by molar-refractivity contribution is 0.767. The van der Waals surface area contributed by atoms with Gasteiger partial charge in [-0.3, -0.25) is 9.67 Å². The van der Waals surface area contributed by atoms with E-state index in [1.54, 1.807) is 24.0 Å². The second-order valence-electron chi connectivity index (χ2n) is 2.53. The lowest BCUT2D eigenvalue weighted by Gasteiger charge is -1.94. The molecule has 0 saturated heterocycles. The van der Waals surface area contributed by atoms with Crippen LogP contribution in [-0.4, -0.2) is 22.7 Å². The van der Waals surface area contributed by atoms with E-state index < -0.39 is 0 Å². The second kappa shape index (κ2) is 4.42. The Morgan fingerprint density at radius 1 is 1.77 bits per heavy atom. The van der Waals surface area contributed by atoms with Crippen molar-refractivity contribution in [2.45, 2.75) is 0 Å². The predicted octanol–water partition coefficient (Wildman–Crippen LogP) is -0.0751. The van der Waals surface area contributed by atoms with Gasteiger partial charge in [0.1, 0.15) is 5.84 Å². The number of rotatable bonds is 2. The highest BCUT2D eigenvalue weighted by Crippen LogP contribution is 1.98. The summed E-state index contributed by atoms with van der Waals surface area (Å²) >= 11 is 0. The van der Waals surface area contributed by atoms with Gasteiger partial charge in [0.15, 0.2) is 0 Å². The average molecular weight is 179 g/mol. The standard InChI is InChI=1S/C8H13N5/c1-10-8(12-9)4-3-7-5-11-13(2)6-7/h3-6H,9H2,1-2H3,(H,10,12)/b4-3+. The van der Waals surface area contributed by atoms with Gasteiger partial charge in [0, 0.05) is 25.9 Å². The largest absolute Gasteiger partial charge is 0.309 e. The van der Waals surface area contributed by atoms with Crippen molar-refractivity contribution in [3.8, 4) is 0 Å². The van der Waals surface area contributed by atoms with Crippen LogP contribution in [0.25, 0.3) is 6.08 Å². The molecule has 0 spiro atoms. The molecular weight excluding hydrogens is 166 g/mol. The summed E-state index contributed by atoms with van der Waals surface area (Å²) in [6.45, 7) is 0. The molecule has 0 aliphatic heterocycles. The van der Waals surface area contributed by atoms with Crippen LogP contribution in [0.1, 0.15) is 5.56 Å². The Morgan fingerprint density at radius 3 is 3.00 bits per heavy atom. The first-order valence-corrected chi connectivity index (χ1v) is 3.86. The number of hydrogen-bond acceptors (Lipinski definition) is 3. The minimum Gasteiger partial charge on any atom is -0.309 e. The van der Waals surface area contributed by atoms with Crippen LogP contribution in [-0.2, 0) is 7.05 Å². The van der Waals surface area contributed by atoms with Crippen molar-refractivity contribution in [1.29, 1.82) is 0 Å². The molecule has 0 bridgehead atoms. The zero-order valence-electron chi connectivity index (χ0n) is 7.73. The lowest BCUT2D eigenvalue weighted by atomic mass is 10.3. The molecule has 0 unspecified atom stereocenters. The number of aromatic nitrogens is 2. The van der Waals surface area contributed by atoms with Gasteiger partial charge in [-0.15, -0.1) is 0 Å². The SMILES string of the molecule is CN=C(/C=C/c1cnn(C)c1)NN. The van der Waals surface area contributed by atoms with Crippen molar-refractivity contribution < 1.29 is 0 Å². The Kier molecular flexibility index (Phi) is 3.22. The summed E-state index contributed by atoms with van der Waals surface area (Å²) < 4.78 is 1.73. The van der Waals surface area contributed by atoms with Crippen LogP contribution in [0.15, 0.2) is 23.5 Å². The molecule has 13 heavy (non-hydrogen) atoms. The van der Waals surface area contributed by atoms with E-state index in [0.717, 1.165) is 5.56 Å². The summed E-state index contributed by atoms with van der Waals surface area (Å²) in [5.41, 5.74) is 3.48.